The average Bonchev–Trinajstić information content (AvgIpc) is 2.26. The average molecular weight is 327 g/mol. The molecule has 2 amide bonds. The van der Waals surface area contributed by atoms with E-state index in [4.69, 9.17) is 0 Å². The first-order valence-electron chi connectivity index (χ1n) is 6.01. The van der Waals surface area contributed by atoms with Gasteiger partial charge in [0.1, 0.15) is 0 Å². The van der Waals surface area contributed by atoms with Crippen LogP contribution in [0.3, 0.4) is 0 Å². The Morgan fingerprint density at radius 2 is 1.74 bits per heavy atom. The van der Waals surface area contributed by atoms with Crippen LogP contribution in [-0.4, -0.2) is 35.8 Å². The number of hydrogen-bond acceptors (Lipinski definition) is 2. The van der Waals surface area contributed by atoms with E-state index < -0.39 is 0 Å². The van der Waals surface area contributed by atoms with Crippen LogP contribution < -0.4 is 5.32 Å². The van der Waals surface area contributed by atoms with Gasteiger partial charge in [0.05, 0.1) is 6.54 Å². The number of amides is 2. The standard InChI is InChI=1S/C14H19BrN2O2/c1-14(2,3)16-12(18)9-17(4)13(19)10-5-7-11(15)8-6-10/h5-8H,9H2,1-4H3,(H,16,18). The zero-order valence-electron chi connectivity index (χ0n) is 11.7. The molecule has 0 fully saturated rings. The van der Waals surface area contributed by atoms with Crippen molar-refractivity contribution in [2.24, 2.45) is 0 Å². The number of carbonyl (C=O) groups is 2. The number of carbonyl (C=O) groups excluding carboxylic acids is 2. The van der Waals surface area contributed by atoms with Crippen molar-refractivity contribution in [1.82, 2.24) is 10.2 Å². The summed E-state index contributed by atoms with van der Waals surface area (Å²) in [7, 11) is 1.62. The number of hydrogen-bond donors (Lipinski definition) is 1. The molecule has 5 heteroatoms. The molecule has 0 bridgehead atoms. The maximum atomic E-state index is 12.1. The molecular weight excluding hydrogens is 308 g/mol. The van der Waals surface area contributed by atoms with E-state index in [1.54, 1.807) is 31.3 Å². The van der Waals surface area contributed by atoms with E-state index in [0.29, 0.717) is 5.56 Å². The van der Waals surface area contributed by atoms with Crippen LogP contribution in [0.25, 0.3) is 0 Å². The van der Waals surface area contributed by atoms with Crippen molar-refractivity contribution >= 4 is 27.7 Å². The molecular formula is C14H19BrN2O2. The highest BCUT2D eigenvalue weighted by atomic mass is 79.9. The molecule has 0 radical (unpaired) electrons. The maximum absolute atomic E-state index is 12.1. The summed E-state index contributed by atoms with van der Waals surface area (Å²) >= 11 is 3.32. The predicted octanol–water partition coefficient (Wildman–Crippen LogP) is 2.44. The Morgan fingerprint density at radius 3 is 2.21 bits per heavy atom. The number of likely N-dealkylation sites (N-methyl/N-ethyl adjacent to an activating group) is 1. The molecule has 104 valence electrons. The topological polar surface area (TPSA) is 49.4 Å². The second-order valence-electron chi connectivity index (χ2n) is 5.47. The molecule has 0 aliphatic heterocycles. The van der Waals surface area contributed by atoms with Crippen molar-refractivity contribution in [3.8, 4) is 0 Å². The first-order valence-corrected chi connectivity index (χ1v) is 6.80. The first kappa shape index (κ1) is 15.7. The number of benzene rings is 1. The predicted molar refractivity (Wildman–Crippen MR) is 79.0 cm³/mol. The smallest absolute Gasteiger partial charge is 0.254 e. The minimum absolute atomic E-state index is 0.0478. The Bertz CT molecular complexity index is 463. The summed E-state index contributed by atoms with van der Waals surface area (Å²) in [5, 5.41) is 2.83. The molecule has 0 aliphatic carbocycles. The van der Waals surface area contributed by atoms with E-state index in [-0.39, 0.29) is 23.9 Å². The van der Waals surface area contributed by atoms with Crippen molar-refractivity contribution in [3.05, 3.63) is 34.3 Å². The molecule has 0 unspecified atom stereocenters. The molecule has 1 N–H and O–H groups in total. The minimum atomic E-state index is -0.293. The molecule has 19 heavy (non-hydrogen) atoms. The lowest BCUT2D eigenvalue weighted by Gasteiger charge is -2.23. The summed E-state index contributed by atoms with van der Waals surface area (Å²) in [5.74, 6) is -0.336. The molecule has 0 aliphatic rings. The van der Waals surface area contributed by atoms with Gasteiger partial charge in [0.15, 0.2) is 0 Å². The molecule has 0 saturated carbocycles. The van der Waals surface area contributed by atoms with Gasteiger partial charge >= 0.3 is 0 Å². The van der Waals surface area contributed by atoms with E-state index in [1.165, 1.54) is 4.90 Å². The zero-order chi connectivity index (χ0) is 14.6. The Morgan fingerprint density at radius 1 is 1.21 bits per heavy atom. The normalized spacial score (nSPS) is 11.0. The van der Waals surface area contributed by atoms with Gasteiger partial charge in [0, 0.05) is 22.6 Å². The Balaban J connectivity index is 2.63. The van der Waals surface area contributed by atoms with Crippen molar-refractivity contribution < 1.29 is 9.59 Å². The van der Waals surface area contributed by atoms with E-state index in [1.807, 2.05) is 20.8 Å². The SMILES string of the molecule is CN(CC(=O)NC(C)(C)C)C(=O)c1ccc(Br)cc1. The highest BCUT2D eigenvalue weighted by Crippen LogP contribution is 2.11. The summed E-state index contributed by atoms with van der Waals surface area (Å²) < 4.78 is 0.914. The molecule has 0 saturated heterocycles. The zero-order valence-corrected chi connectivity index (χ0v) is 13.2. The lowest BCUT2D eigenvalue weighted by atomic mass is 10.1. The van der Waals surface area contributed by atoms with Gasteiger partial charge in [-0.15, -0.1) is 0 Å². The fraction of sp³-hybridized carbons (Fsp3) is 0.429. The Hall–Kier alpha value is -1.36. The molecule has 4 nitrogen and oxygen atoms in total. The largest absolute Gasteiger partial charge is 0.350 e. The lowest BCUT2D eigenvalue weighted by molar-refractivity contribution is -0.122. The van der Waals surface area contributed by atoms with Gasteiger partial charge in [-0.3, -0.25) is 9.59 Å². The van der Waals surface area contributed by atoms with Crippen molar-refractivity contribution in [3.63, 3.8) is 0 Å². The number of halogens is 1. The summed E-state index contributed by atoms with van der Waals surface area (Å²) in [6, 6.07) is 7.06. The third kappa shape index (κ3) is 5.42. The minimum Gasteiger partial charge on any atom is -0.350 e. The van der Waals surface area contributed by atoms with E-state index >= 15 is 0 Å². The second kappa shape index (κ2) is 6.19. The fourth-order valence-corrected chi connectivity index (χ4v) is 1.82. The molecule has 1 rings (SSSR count). The monoisotopic (exact) mass is 326 g/mol. The first-order chi connectivity index (χ1) is 8.69. The van der Waals surface area contributed by atoms with Crippen LogP contribution in [0.2, 0.25) is 0 Å². The van der Waals surface area contributed by atoms with Crippen molar-refractivity contribution in [2.45, 2.75) is 26.3 Å². The van der Waals surface area contributed by atoms with Crippen LogP contribution in [0.15, 0.2) is 28.7 Å². The van der Waals surface area contributed by atoms with E-state index in [9.17, 15) is 9.59 Å². The van der Waals surface area contributed by atoms with Crippen molar-refractivity contribution in [1.29, 1.82) is 0 Å². The Labute approximate surface area is 122 Å². The van der Waals surface area contributed by atoms with Gasteiger partial charge in [-0.1, -0.05) is 15.9 Å². The summed E-state index contributed by atoms with van der Waals surface area (Å²) in [5.41, 5.74) is 0.271. The van der Waals surface area contributed by atoms with Crippen LogP contribution in [0.1, 0.15) is 31.1 Å². The molecule has 0 atom stereocenters. The van der Waals surface area contributed by atoms with Crippen LogP contribution >= 0.6 is 15.9 Å². The van der Waals surface area contributed by atoms with Crippen LogP contribution in [0.5, 0.6) is 0 Å². The molecule has 0 spiro atoms. The quantitative estimate of drug-likeness (QED) is 0.927. The van der Waals surface area contributed by atoms with Gasteiger partial charge in [-0.25, -0.2) is 0 Å². The maximum Gasteiger partial charge on any atom is 0.254 e. The van der Waals surface area contributed by atoms with E-state index in [2.05, 4.69) is 21.2 Å². The van der Waals surface area contributed by atoms with E-state index in [0.717, 1.165) is 4.47 Å². The van der Waals surface area contributed by atoms with Gasteiger partial charge < -0.3 is 10.2 Å². The second-order valence-corrected chi connectivity index (χ2v) is 6.38. The van der Waals surface area contributed by atoms with Crippen LogP contribution in [0.4, 0.5) is 0 Å². The number of rotatable bonds is 3. The summed E-state index contributed by atoms with van der Waals surface area (Å²) in [6.45, 7) is 5.76. The van der Waals surface area contributed by atoms with Gasteiger partial charge in [0.2, 0.25) is 5.91 Å². The highest BCUT2D eigenvalue weighted by Gasteiger charge is 2.18. The van der Waals surface area contributed by atoms with Crippen LogP contribution in [-0.2, 0) is 4.79 Å². The molecule has 1 aromatic rings. The van der Waals surface area contributed by atoms with Crippen molar-refractivity contribution in [2.75, 3.05) is 13.6 Å². The molecule has 0 heterocycles. The summed E-state index contributed by atoms with van der Waals surface area (Å²) in [6.07, 6.45) is 0. The lowest BCUT2D eigenvalue weighted by Crippen LogP contribution is -2.46. The fourth-order valence-electron chi connectivity index (χ4n) is 1.56. The van der Waals surface area contributed by atoms with Gasteiger partial charge in [-0.2, -0.15) is 0 Å². The third-order valence-electron chi connectivity index (χ3n) is 2.33. The number of nitrogens with one attached hydrogen (secondary N) is 1. The molecule has 1 aromatic carbocycles. The Kier molecular flexibility index (Phi) is 5.11. The summed E-state index contributed by atoms with van der Waals surface area (Å²) in [4.78, 5) is 25.2. The van der Waals surface area contributed by atoms with Gasteiger partial charge in [-0.05, 0) is 45.0 Å². The van der Waals surface area contributed by atoms with Crippen LogP contribution in [0, 0.1) is 0 Å². The van der Waals surface area contributed by atoms with Gasteiger partial charge in [0.25, 0.3) is 5.91 Å². The molecule has 0 aromatic heterocycles. The third-order valence-corrected chi connectivity index (χ3v) is 2.86. The highest BCUT2D eigenvalue weighted by molar-refractivity contribution is 9.10. The number of nitrogens with zero attached hydrogens (tertiary/aromatic N) is 1.